The molecule has 0 atom stereocenters. The van der Waals surface area contributed by atoms with Crippen LogP contribution >= 0.6 is 0 Å². The average Bonchev–Trinajstić information content (AvgIpc) is 2.27. The molecule has 0 aromatic carbocycles. The second-order valence-corrected chi connectivity index (χ2v) is 5.73. The van der Waals surface area contributed by atoms with Crippen LogP contribution in [0.15, 0.2) is 23.3 Å². The Morgan fingerprint density at radius 3 is 2.28 bits per heavy atom. The van der Waals surface area contributed by atoms with Gasteiger partial charge in [0.05, 0.1) is 26.8 Å². The zero-order chi connectivity index (χ0) is 12.7. The number of hydrogen-bond acceptors (Lipinski definition) is 1. The van der Waals surface area contributed by atoms with E-state index in [0.29, 0.717) is 0 Å². The van der Waals surface area contributed by atoms with Crippen molar-refractivity contribution in [1.29, 1.82) is 0 Å². The molecule has 0 aliphatic carbocycles. The zero-order valence-corrected chi connectivity index (χ0v) is 14.5. The number of rotatable bonds is 5. The van der Waals surface area contributed by atoms with Gasteiger partial charge in [-0.15, -0.1) is 0 Å². The summed E-state index contributed by atoms with van der Waals surface area (Å²) in [5.41, 5.74) is 2.94. The maximum Gasteiger partial charge on any atom is 0.102 e. The van der Waals surface area contributed by atoms with Crippen LogP contribution in [0.3, 0.4) is 0 Å². The van der Waals surface area contributed by atoms with Crippen LogP contribution in [0.5, 0.6) is 0 Å². The van der Waals surface area contributed by atoms with Crippen molar-refractivity contribution < 1.29 is 33.2 Å². The maximum absolute atomic E-state index is 5.42. The highest BCUT2D eigenvalue weighted by Crippen LogP contribution is 2.11. The first-order valence-corrected chi connectivity index (χ1v) is 6.72. The van der Waals surface area contributed by atoms with Crippen LogP contribution in [0, 0.1) is 0 Å². The topological polar surface area (TPSA) is 9.23 Å². The van der Waals surface area contributed by atoms with Gasteiger partial charge in [-0.05, 0) is 39.7 Å². The molecular weight excluding hydrogens is 337 g/mol. The molecule has 1 heterocycles. The van der Waals surface area contributed by atoms with E-state index >= 15 is 0 Å². The molecule has 2 nitrogen and oxygen atoms in total. The molecule has 1 aliphatic heterocycles. The van der Waals surface area contributed by atoms with Gasteiger partial charge >= 0.3 is 0 Å². The van der Waals surface area contributed by atoms with E-state index in [0.717, 1.165) is 37.3 Å². The largest absolute Gasteiger partial charge is 1.00 e. The Balaban J connectivity index is 0.00000289. The molecule has 0 amide bonds. The summed E-state index contributed by atoms with van der Waals surface area (Å²) in [7, 11) is 2.34. The first-order chi connectivity index (χ1) is 8.02. The molecule has 1 fully saturated rings. The van der Waals surface area contributed by atoms with Crippen LogP contribution < -0.4 is 24.0 Å². The Hall–Kier alpha value is 0.130. The number of hydrogen-bond donors (Lipinski definition) is 0. The van der Waals surface area contributed by atoms with Gasteiger partial charge in [0, 0.05) is 0 Å². The van der Waals surface area contributed by atoms with Gasteiger partial charge < -0.3 is 33.2 Å². The molecule has 0 radical (unpaired) electrons. The summed E-state index contributed by atoms with van der Waals surface area (Å²) in [6, 6.07) is 0. The van der Waals surface area contributed by atoms with Gasteiger partial charge in [-0.3, -0.25) is 0 Å². The number of allylic oxidation sites excluding steroid dienone is 3. The Morgan fingerprint density at radius 2 is 1.72 bits per heavy atom. The van der Waals surface area contributed by atoms with Gasteiger partial charge in [0.25, 0.3) is 0 Å². The number of morpholine rings is 1. The molecular formula is C15H28INO. The summed E-state index contributed by atoms with van der Waals surface area (Å²) in [5.74, 6) is 0. The molecule has 1 rings (SSSR count). The van der Waals surface area contributed by atoms with Crippen molar-refractivity contribution in [2.45, 2.75) is 33.6 Å². The molecule has 0 N–H and O–H groups in total. The lowest BCUT2D eigenvalue weighted by Crippen LogP contribution is -3.00. The fourth-order valence-corrected chi connectivity index (χ4v) is 2.03. The fraction of sp³-hybridized carbons (Fsp3) is 0.733. The molecule has 0 spiro atoms. The van der Waals surface area contributed by atoms with Crippen LogP contribution in [0.2, 0.25) is 0 Å². The van der Waals surface area contributed by atoms with Gasteiger partial charge in [0.1, 0.15) is 13.1 Å². The van der Waals surface area contributed by atoms with Gasteiger partial charge in [0.2, 0.25) is 0 Å². The molecule has 0 saturated carbocycles. The van der Waals surface area contributed by atoms with E-state index in [-0.39, 0.29) is 24.0 Å². The number of quaternary nitrogens is 1. The smallest absolute Gasteiger partial charge is 0.102 e. The normalized spacial score (nSPS) is 19.0. The van der Waals surface area contributed by atoms with Crippen molar-refractivity contribution in [2.75, 3.05) is 39.9 Å². The van der Waals surface area contributed by atoms with Crippen LogP contribution in [0.1, 0.15) is 33.6 Å². The van der Waals surface area contributed by atoms with Gasteiger partial charge in [0.15, 0.2) is 0 Å². The van der Waals surface area contributed by atoms with Gasteiger partial charge in [-0.2, -0.15) is 0 Å². The third-order valence-corrected chi connectivity index (χ3v) is 3.52. The van der Waals surface area contributed by atoms with Crippen molar-refractivity contribution in [1.82, 2.24) is 0 Å². The summed E-state index contributed by atoms with van der Waals surface area (Å²) in [4.78, 5) is 0. The summed E-state index contributed by atoms with van der Waals surface area (Å²) in [6.07, 6.45) is 7.12. The van der Waals surface area contributed by atoms with Crippen LogP contribution in [-0.2, 0) is 4.74 Å². The summed E-state index contributed by atoms with van der Waals surface area (Å²) < 4.78 is 6.56. The van der Waals surface area contributed by atoms with Crippen molar-refractivity contribution in [3.05, 3.63) is 23.3 Å². The molecule has 0 aromatic heterocycles. The Labute approximate surface area is 130 Å². The highest BCUT2D eigenvalue weighted by Gasteiger charge is 2.23. The first-order valence-electron chi connectivity index (χ1n) is 6.72. The van der Waals surface area contributed by atoms with E-state index in [1.807, 2.05) is 0 Å². The first kappa shape index (κ1) is 18.1. The van der Waals surface area contributed by atoms with Crippen molar-refractivity contribution in [3.63, 3.8) is 0 Å². The van der Waals surface area contributed by atoms with E-state index < -0.39 is 0 Å². The average molecular weight is 365 g/mol. The van der Waals surface area contributed by atoms with E-state index in [4.69, 9.17) is 4.74 Å². The van der Waals surface area contributed by atoms with Gasteiger partial charge in [-0.25, -0.2) is 0 Å². The van der Waals surface area contributed by atoms with Crippen molar-refractivity contribution in [2.24, 2.45) is 0 Å². The lowest BCUT2D eigenvalue weighted by atomic mass is 10.1. The monoisotopic (exact) mass is 365 g/mol. The Morgan fingerprint density at radius 1 is 1.11 bits per heavy atom. The van der Waals surface area contributed by atoms with Crippen LogP contribution in [0.4, 0.5) is 0 Å². The number of ether oxygens (including phenoxy) is 1. The lowest BCUT2D eigenvalue weighted by Gasteiger charge is -2.36. The summed E-state index contributed by atoms with van der Waals surface area (Å²) in [6.45, 7) is 11.9. The third kappa shape index (κ3) is 7.54. The highest BCUT2D eigenvalue weighted by atomic mass is 127. The maximum atomic E-state index is 5.42. The molecule has 1 aliphatic rings. The zero-order valence-electron chi connectivity index (χ0n) is 12.3. The second-order valence-electron chi connectivity index (χ2n) is 5.73. The molecule has 0 aromatic rings. The highest BCUT2D eigenvalue weighted by molar-refractivity contribution is 5.02. The number of likely N-dealkylation sites (N-methyl/N-ethyl adjacent to an activating group) is 1. The van der Waals surface area contributed by atoms with Crippen molar-refractivity contribution in [3.8, 4) is 0 Å². The summed E-state index contributed by atoms with van der Waals surface area (Å²) in [5, 5.41) is 0. The van der Waals surface area contributed by atoms with Crippen molar-refractivity contribution >= 4 is 0 Å². The van der Waals surface area contributed by atoms with E-state index in [1.165, 1.54) is 24.0 Å². The van der Waals surface area contributed by atoms with Gasteiger partial charge in [-0.1, -0.05) is 17.2 Å². The Bertz CT molecular complexity index is 287. The predicted octanol–water partition coefficient (Wildman–Crippen LogP) is 0.160. The molecule has 18 heavy (non-hydrogen) atoms. The number of halogens is 1. The molecule has 106 valence electrons. The molecule has 3 heteroatoms. The second kappa shape index (κ2) is 9.10. The van der Waals surface area contributed by atoms with E-state index in [2.05, 4.69) is 40.0 Å². The molecule has 1 saturated heterocycles. The quantitative estimate of drug-likeness (QED) is 0.383. The predicted molar refractivity (Wildman–Crippen MR) is 74.0 cm³/mol. The summed E-state index contributed by atoms with van der Waals surface area (Å²) >= 11 is 0. The standard InChI is InChI=1S/C15H28NO.HI/c1-14(2)6-5-7-15(3)8-9-16(4)10-12-17-13-11-16;/h6,8H,5,7,9-13H2,1-4H3;1H/q+1;/p-1/b15-8+;. The van der Waals surface area contributed by atoms with E-state index in [1.54, 1.807) is 0 Å². The SMILES string of the molecule is CC(C)=CCC/C(C)=C/C[N+]1(C)CCOCC1.[I-]. The minimum atomic E-state index is 0. The lowest BCUT2D eigenvalue weighted by molar-refractivity contribution is -0.911. The minimum Gasteiger partial charge on any atom is -1.00 e. The third-order valence-electron chi connectivity index (χ3n) is 3.52. The minimum absolute atomic E-state index is 0. The molecule has 0 bridgehead atoms. The Kier molecular flexibility index (Phi) is 9.17. The van der Waals surface area contributed by atoms with Crippen LogP contribution in [0.25, 0.3) is 0 Å². The molecule has 0 unspecified atom stereocenters. The van der Waals surface area contributed by atoms with E-state index in [9.17, 15) is 0 Å². The number of nitrogens with zero attached hydrogens (tertiary/aromatic N) is 1. The van der Waals surface area contributed by atoms with Crippen LogP contribution in [-0.4, -0.2) is 44.4 Å². The fourth-order valence-electron chi connectivity index (χ4n) is 2.03.